The lowest BCUT2D eigenvalue weighted by Gasteiger charge is -2.16. The van der Waals surface area contributed by atoms with Gasteiger partial charge < -0.3 is 0 Å². The van der Waals surface area contributed by atoms with Crippen molar-refractivity contribution in [2.45, 2.75) is 17.1 Å². The number of hydrogen-bond donors (Lipinski definition) is 0. The lowest BCUT2D eigenvalue weighted by atomic mass is 10.1. The SMILES string of the molecule is CC1CN(C(=O)c2ccc(C#N)cc2)C(=Nc2cccc(S(=O)(=O)N(C)C)c2)S1. The number of aliphatic imine (C=N–C) groups is 1. The van der Waals surface area contributed by atoms with Crippen molar-refractivity contribution in [3.8, 4) is 6.07 Å². The zero-order chi connectivity index (χ0) is 21.2. The first-order chi connectivity index (χ1) is 13.7. The molecule has 3 rings (SSSR count). The van der Waals surface area contributed by atoms with E-state index in [-0.39, 0.29) is 16.1 Å². The summed E-state index contributed by atoms with van der Waals surface area (Å²) in [4.78, 5) is 19.2. The summed E-state index contributed by atoms with van der Waals surface area (Å²) >= 11 is 1.46. The van der Waals surface area contributed by atoms with Crippen molar-refractivity contribution in [1.82, 2.24) is 9.21 Å². The van der Waals surface area contributed by atoms with Gasteiger partial charge in [-0.1, -0.05) is 24.8 Å². The highest BCUT2D eigenvalue weighted by molar-refractivity contribution is 8.14. The first-order valence-electron chi connectivity index (χ1n) is 8.82. The van der Waals surface area contributed by atoms with Gasteiger partial charge in [0.05, 0.1) is 22.2 Å². The fraction of sp³-hybridized carbons (Fsp3) is 0.250. The summed E-state index contributed by atoms with van der Waals surface area (Å²) in [5.41, 5.74) is 1.41. The van der Waals surface area contributed by atoms with Gasteiger partial charge >= 0.3 is 0 Å². The number of nitriles is 1. The van der Waals surface area contributed by atoms with Crippen LogP contribution in [-0.2, 0) is 10.0 Å². The number of nitrogens with zero attached hydrogens (tertiary/aromatic N) is 4. The van der Waals surface area contributed by atoms with Crippen molar-refractivity contribution in [2.75, 3.05) is 20.6 Å². The van der Waals surface area contributed by atoms with Crippen LogP contribution < -0.4 is 0 Å². The van der Waals surface area contributed by atoms with Crippen molar-refractivity contribution in [3.63, 3.8) is 0 Å². The average molecular weight is 429 g/mol. The predicted octanol–water partition coefficient (Wildman–Crippen LogP) is 3.07. The number of amides is 1. The number of carbonyl (C=O) groups is 1. The molecule has 0 saturated carbocycles. The molecule has 0 radical (unpaired) electrons. The minimum atomic E-state index is -3.57. The zero-order valence-corrected chi connectivity index (χ0v) is 17.9. The molecule has 1 aliphatic heterocycles. The van der Waals surface area contributed by atoms with Crippen molar-refractivity contribution < 1.29 is 13.2 Å². The summed E-state index contributed by atoms with van der Waals surface area (Å²) in [6, 6.07) is 14.8. The van der Waals surface area contributed by atoms with Crippen LogP contribution in [0.2, 0.25) is 0 Å². The monoisotopic (exact) mass is 428 g/mol. The molecule has 9 heteroatoms. The Balaban J connectivity index is 1.93. The highest BCUT2D eigenvalue weighted by atomic mass is 32.2. The maximum absolute atomic E-state index is 13.0. The molecule has 1 heterocycles. The standard InChI is InChI=1S/C20H20N4O3S2/c1-14-13-24(19(25)16-9-7-15(12-21)8-10-16)20(28-14)22-17-5-4-6-18(11-17)29(26,27)23(2)3/h4-11,14H,13H2,1-3H3. The van der Waals surface area contributed by atoms with Crippen LogP contribution in [0, 0.1) is 11.3 Å². The molecular weight excluding hydrogens is 408 g/mol. The lowest BCUT2D eigenvalue weighted by Crippen LogP contribution is -2.32. The Morgan fingerprint density at radius 1 is 1.24 bits per heavy atom. The van der Waals surface area contributed by atoms with Crippen molar-refractivity contribution in [3.05, 3.63) is 59.7 Å². The molecule has 150 valence electrons. The van der Waals surface area contributed by atoms with Gasteiger partial charge in [-0.15, -0.1) is 0 Å². The summed E-state index contributed by atoms with van der Waals surface area (Å²) in [5, 5.41) is 9.60. The fourth-order valence-electron chi connectivity index (χ4n) is 2.75. The van der Waals surface area contributed by atoms with E-state index in [1.54, 1.807) is 41.3 Å². The van der Waals surface area contributed by atoms with Crippen LogP contribution >= 0.6 is 11.8 Å². The molecule has 1 amide bonds. The van der Waals surface area contributed by atoms with Crippen molar-refractivity contribution >= 4 is 38.5 Å². The zero-order valence-electron chi connectivity index (χ0n) is 16.2. The van der Waals surface area contributed by atoms with Crippen LogP contribution in [0.1, 0.15) is 22.8 Å². The van der Waals surface area contributed by atoms with E-state index in [1.165, 1.54) is 38.0 Å². The first-order valence-corrected chi connectivity index (χ1v) is 11.1. The topological polar surface area (TPSA) is 93.8 Å². The Bertz CT molecular complexity index is 1100. The Kier molecular flexibility index (Phi) is 6.07. The molecule has 1 aliphatic rings. The van der Waals surface area contributed by atoms with Crippen LogP contribution in [0.25, 0.3) is 0 Å². The third-order valence-corrected chi connectivity index (χ3v) is 7.19. The molecule has 0 N–H and O–H groups in total. The van der Waals surface area contributed by atoms with E-state index in [9.17, 15) is 13.2 Å². The summed E-state index contributed by atoms with van der Waals surface area (Å²) in [7, 11) is -0.628. The largest absolute Gasteiger partial charge is 0.286 e. The second kappa shape index (κ2) is 8.37. The summed E-state index contributed by atoms with van der Waals surface area (Å²) in [6.07, 6.45) is 0. The molecule has 1 saturated heterocycles. The van der Waals surface area contributed by atoms with Crippen LogP contribution in [0.15, 0.2) is 58.4 Å². The minimum Gasteiger partial charge on any atom is -0.286 e. The molecule has 2 aromatic carbocycles. The maximum atomic E-state index is 13.0. The third-order valence-electron chi connectivity index (χ3n) is 4.30. The van der Waals surface area contributed by atoms with Crippen LogP contribution in [0.4, 0.5) is 5.69 Å². The van der Waals surface area contributed by atoms with Gasteiger partial charge in [-0.3, -0.25) is 9.69 Å². The van der Waals surface area contributed by atoms with E-state index in [2.05, 4.69) is 4.99 Å². The van der Waals surface area contributed by atoms with Crippen LogP contribution in [-0.4, -0.2) is 54.6 Å². The van der Waals surface area contributed by atoms with Gasteiger partial charge in [0.15, 0.2) is 5.17 Å². The Morgan fingerprint density at radius 3 is 2.55 bits per heavy atom. The van der Waals surface area contributed by atoms with Gasteiger partial charge in [0.25, 0.3) is 5.91 Å². The van der Waals surface area contributed by atoms with Crippen molar-refractivity contribution in [1.29, 1.82) is 5.26 Å². The minimum absolute atomic E-state index is 0.144. The van der Waals surface area contributed by atoms with E-state index in [0.29, 0.717) is 28.5 Å². The number of amidine groups is 1. The van der Waals surface area contributed by atoms with E-state index in [0.717, 1.165) is 4.31 Å². The van der Waals surface area contributed by atoms with E-state index in [4.69, 9.17) is 5.26 Å². The number of rotatable bonds is 4. The molecular formula is C20H20N4O3S2. The second-order valence-corrected chi connectivity index (χ2v) is 10.3. The predicted molar refractivity (Wildman–Crippen MR) is 114 cm³/mol. The second-order valence-electron chi connectivity index (χ2n) is 6.71. The number of carbonyl (C=O) groups excluding carboxylic acids is 1. The Hall–Kier alpha value is -2.67. The third kappa shape index (κ3) is 4.50. The molecule has 0 aromatic heterocycles. The molecule has 1 fully saturated rings. The number of thioether (sulfide) groups is 1. The number of sulfonamides is 1. The molecule has 7 nitrogen and oxygen atoms in total. The van der Waals surface area contributed by atoms with Crippen LogP contribution in [0.5, 0.6) is 0 Å². The summed E-state index contributed by atoms with van der Waals surface area (Å²) in [5.74, 6) is -0.206. The smallest absolute Gasteiger partial charge is 0.259 e. The van der Waals surface area contributed by atoms with E-state index in [1.807, 2.05) is 13.0 Å². The molecule has 0 aliphatic carbocycles. The average Bonchev–Trinajstić information content (AvgIpc) is 3.07. The molecule has 1 unspecified atom stereocenters. The lowest BCUT2D eigenvalue weighted by molar-refractivity contribution is 0.0855. The Labute approximate surface area is 174 Å². The van der Waals surface area contributed by atoms with Gasteiger partial charge in [-0.25, -0.2) is 17.7 Å². The molecule has 0 bridgehead atoms. The van der Waals surface area contributed by atoms with E-state index >= 15 is 0 Å². The molecule has 29 heavy (non-hydrogen) atoms. The fourth-order valence-corrected chi connectivity index (χ4v) is 4.72. The van der Waals surface area contributed by atoms with Gasteiger partial charge in [0.2, 0.25) is 10.0 Å². The highest BCUT2D eigenvalue weighted by Gasteiger charge is 2.31. The maximum Gasteiger partial charge on any atom is 0.259 e. The van der Waals surface area contributed by atoms with Crippen LogP contribution in [0.3, 0.4) is 0 Å². The number of hydrogen-bond acceptors (Lipinski definition) is 6. The molecule has 0 spiro atoms. The van der Waals surface area contributed by atoms with E-state index < -0.39 is 10.0 Å². The normalized spacial score (nSPS) is 18.2. The summed E-state index contributed by atoms with van der Waals surface area (Å²) < 4.78 is 25.9. The van der Waals surface area contributed by atoms with Gasteiger partial charge in [0, 0.05) is 31.5 Å². The molecule has 1 atom stereocenters. The van der Waals surface area contributed by atoms with Crippen molar-refractivity contribution in [2.24, 2.45) is 4.99 Å². The first kappa shape index (κ1) is 21.0. The highest BCUT2D eigenvalue weighted by Crippen LogP contribution is 2.30. The van der Waals surface area contributed by atoms with Gasteiger partial charge in [0.1, 0.15) is 0 Å². The number of benzene rings is 2. The Morgan fingerprint density at radius 2 is 1.93 bits per heavy atom. The molecule has 2 aromatic rings. The van der Waals surface area contributed by atoms with Gasteiger partial charge in [-0.05, 0) is 42.5 Å². The quantitative estimate of drug-likeness (QED) is 0.746. The summed E-state index contributed by atoms with van der Waals surface area (Å²) in [6.45, 7) is 2.50. The van der Waals surface area contributed by atoms with Gasteiger partial charge in [-0.2, -0.15) is 5.26 Å².